The second kappa shape index (κ2) is 7.47. The van der Waals surface area contributed by atoms with Gasteiger partial charge in [0.15, 0.2) is 0 Å². The Balaban J connectivity index is 1.79. The van der Waals surface area contributed by atoms with Crippen LogP contribution in [0.5, 0.6) is 17.2 Å². The lowest BCUT2D eigenvalue weighted by molar-refractivity contribution is 0.310. The minimum Gasteiger partial charge on any atom is -0.497 e. The molecule has 0 bridgehead atoms. The summed E-state index contributed by atoms with van der Waals surface area (Å²) >= 11 is 0. The number of hydrogen-bond donors (Lipinski definition) is 1. The highest BCUT2D eigenvalue weighted by atomic mass is 16.5. The molecule has 1 aliphatic rings. The molecular formula is C19H24N2O2. The molecule has 2 unspecified atom stereocenters. The van der Waals surface area contributed by atoms with Gasteiger partial charge in [0.1, 0.15) is 17.2 Å². The van der Waals surface area contributed by atoms with Gasteiger partial charge in [-0.2, -0.15) is 0 Å². The molecule has 1 saturated heterocycles. The summed E-state index contributed by atoms with van der Waals surface area (Å²) in [4.78, 5) is 4.59. The molecule has 0 aliphatic carbocycles. The molecule has 4 nitrogen and oxygen atoms in total. The van der Waals surface area contributed by atoms with Crippen molar-refractivity contribution < 1.29 is 9.47 Å². The molecule has 2 heterocycles. The smallest absolute Gasteiger partial charge is 0.131 e. The Bertz CT molecular complexity index is 645. The van der Waals surface area contributed by atoms with E-state index >= 15 is 0 Å². The summed E-state index contributed by atoms with van der Waals surface area (Å²) in [7, 11) is 1.66. The lowest BCUT2D eigenvalue weighted by atomic mass is 9.82. The van der Waals surface area contributed by atoms with Crippen LogP contribution in [0.15, 0.2) is 42.6 Å². The zero-order valence-corrected chi connectivity index (χ0v) is 13.8. The van der Waals surface area contributed by atoms with Gasteiger partial charge < -0.3 is 14.8 Å². The van der Waals surface area contributed by atoms with Crippen molar-refractivity contribution >= 4 is 0 Å². The van der Waals surface area contributed by atoms with Crippen molar-refractivity contribution in [3.05, 3.63) is 48.3 Å². The van der Waals surface area contributed by atoms with E-state index in [2.05, 4.69) is 23.3 Å². The van der Waals surface area contributed by atoms with Gasteiger partial charge in [-0.25, -0.2) is 0 Å². The van der Waals surface area contributed by atoms with Crippen molar-refractivity contribution in [2.45, 2.75) is 25.7 Å². The van der Waals surface area contributed by atoms with Crippen LogP contribution in [0.1, 0.15) is 31.4 Å². The molecular weight excluding hydrogens is 288 g/mol. The Morgan fingerprint density at radius 1 is 1.17 bits per heavy atom. The third kappa shape index (κ3) is 3.82. The van der Waals surface area contributed by atoms with E-state index in [0.29, 0.717) is 11.8 Å². The Morgan fingerprint density at radius 3 is 2.83 bits per heavy atom. The molecule has 1 aromatic carbocycles. The number of nitrogens with one attached hydrogen (secondary N) is 1. The van der Waals surface area contributed by atoms with Crippen LogP contribution in [0.25, 0.3) is 0 Å². The molecule has 2 atom stereocenters. The summed E-state index contributed by atoms with van der Waals surface area (Å²) in [5, 5.41) is 3.48. The highest BCUT2D eigenvalue weighted by Crippen LogP contribution is 2.33. The first-order valence-corrected chi connectivity index (χ1v) is 8.28. The predicted molar refractivity (Wildman–Crippen MR) is 91.3 cm³/mol. The quantitative estimate of drug-likeness (QED) is 0.906. The summed E-state index contributed by atoms with van der Waals surface area (Å²) < 4.78 is 11.2. The summed E-state index contributed by atoms with van der Waals surface area (Å²) in [6.07, 6.45) is 4.24. The minimum absolute atomic E-state index is 0.461. The number of rotatable bonds is 5. The van der Waals surface area contributed by atoms with Crippen molar-refractivity contribution in [1.82, 2.24) is 10.3 Å². The zero-order valence-electron chi connectivity index (χ0n) is 13.8. The number of hydrogen-bond acceptors (Lipinski definition) is 4. The summed E-state index contributed by atoms with van der Waals surface area (Å²) in [5.74, 6) is 3.54. The molecule has 1 aliphatic heterocycles. The van der Waals surface area contributed by atoms with E-state index in [1.165, 1.54) is 12.8 Å². The monoisotopic (exact) mass is 312 g/mol. The molecule has 0 spiro atoms. The Labute approximate surface area is 137 Å². The number of benzene rings is 1. The molecule has 0 amide bonds. The van der Waals surface area contributed by atoms with Crippen LogP contribution in [0.4, 0.5) is 0 Å². The fraction of sp³-hybridized carbons (Fsp3) is 0.421. The van der Waals surface area contributed by atoms with Crippen LogP contribution in [0.3, 0.4) is 0 Å². The topological polar surface area (TPSA) is 43.4 Å². The van der Waals surface area contributed by atoms with Crippen LogP contribution in [0, 0.1) is 5.92 Å². The molecule has 1 N–H and O–H groups in total. The van der Waals surface area contributed by atoms with Gasteiger partial charge in [-0.3, -0.25) is 4.98 Å². The first kappa shape index (κ1) is 15.8. The van der Waals surface area contributed by atoms with E-state index in [9.17, 15) is 0 Å². The summed E-state index contributed by atoms with van der Waals surface area (Å²) in [5.41, 5.74) is 1.12. The average Bonchev–Trinajstić information content (AvgIpc) is 2.62. The molecule has 3 rings (SSSR count). The third-order valence-electron chi connectivity index (χ3n) is 4.56. The van der Waals surface area contributed by atoms with E-state index < -0.39 is 0 Å². The lowest BCUT2D eigenvalue weighted by Crippen LogP contribution is -2.35. The van der Waals surface area contributed by atoms with Crippen molar-refractivity contribution in [3.8, 4) is 17.2 Å². The van der Waals surface area contributed by atoms with Gasteiger partial charge >= 0.3 is 0 Å². The van der Waals surface area contributed by atoms with Gasteiger partial charge in [-0.05, 0) is 37.1 Å². The molecule has 1 aromatic heterocycles. The highest BCUT2D eigenvalue weighted by molar-refractivity contribution is 5.37. The summed E-state index contributed by atoms with van der Waals surface area (Å²) in [6.45, 7) is 4.36. The van der Waals surface area contributed by atoms with Crippen molar-refractivity contribution in [3.63, 3.8) is 0 Å². The second-order valence-corrected chi connectivity index (χ2v) is 5.97. The molecule has 0 saturated carbocycles. The largest absolute Gasteiger partial charge is 0.497 e. The Kier molecular flexibility index (Phi) is 5.13. The predicted octanol–water partition coefficient (Wildman–Crippen LogP) is 3.99. The van der Waals surface area contributed by atoms with E-state index in [-0.39, 0.29) is 0 Å². The standard InChI is InChI=1S/C19H24N2O2/c1-3-14-7-9-20-13-18(14)19-12-17(8-10-21-19)23-16-6-4-5-15(11-16)22-2/h4-6,8,10-12,14,18,20H,3,7,9,13H2,1-2H3. The molecule has 4 heteroatoms. The number of ether oxygens (including phenoxy) is 2. The normalized spacial score (nSPS) is 21.0. The second-order valence-electron chi connectivity index (χ2n) is 5.97. The molecule has 0 radical (unpaired) electrons. The fourth-order valence-corrected chi connectivity index (χ4v) is 3.24. The van der Waals surface area contributed by atoms with E-state index in [1.807, 2.05) is 36.5 Å². The number of piperidine rings is 1. The average molecular weight is 312 g/mol. The van der Waals surface area contributed by atoms with Gasteiger partial charge in [0.05, 0.1) is 7.11 Å². The maximum absolute atomic E-state index is 5.98. The molecule has 1 fully saturated rings. The van der Waals surface area contributed by atoms with Crippen molar-refractivity contribution in [1.29, 1.82) is 0 Å². The number of pyridine rings is 1. The first-order valence-electron chi connectivity index (χ1n) is 8.28. The van der Waals surface area contributed by atoms with E-state index in [4.69, 9.17) is 9.47 Å². The SMILES string of the molecule is CCC1CCNCC1c1cc(Oc2cccc(OC)c2)ccn1. The van der Waals surface area contributed by atoms with Gasteiger partial charge in [0, 0.05) is 36.5 Å². The first-order chi connectivity index (χ1) is 11.3. The van der Waals surface area contributed by atoms with Crippen molar-refractivity contribution in [2.24, 2.45) is 5.92 Å². The zero-order chi connectivity index (χ0) is 16.1. The molecule has 2 aromatic rings. The fourth-order valence-electron chi connectivity index (χ4n) is 3.24. The minimum atomic E-state index is 0.461. The number of nitrogens with zero attached hydrogens (tertiary/aromatic N) is 1. The van der Waals surface area contributed by atoms with E-state index in [0.717, 1.165) is 36.0 Å². The van der Waals surface area contributed by atoms with Gasteiger partial charge in [0.2, 0.25) is 0 Å². The van der Waals surface area contributed by atoms with Gasteiger partial charge in [0.25, 0.3) is 0 Å². The van der Waals surface area contributed by atoms with Crippen LogP contribution in [-0.2, 0) is 0 Å². The van der Waals surface area contributed by atoms with Crippen LogP contribution in [-0.4, -0.2) is 25.2 Å². The van der Waals surface area contributed by atoms with Crippen LogP contribution in [0.2, 0.25) is 0 Å². The van der Waals surface area contributed by atoms with Crippen molar-refractivity contribution in [2.75, 3.05) is 20.2 Å². The van der Waals surface area contributed by atoms with Crippen LogP contribution < -0.4 is 14.8 Å². The molecule has 122 valence electrons. The number of aromatic nitrogens is 1. The van der Waals surface area contributed by atoms with Gasteiger partial charge in [-0.15, -0.1) is 0 Å². The maximum atomic E-state index is 5.98. The molecule has 23 heavy (non-hydrogen) atoms. The maximum Gasteiger partial charge on any atom is 0.131 e. The van der Waals surface area contributed by atoms with Crippen LogP contribution >= 0.6 is 0 Å². The Morgan fingerprint density at radius 2 is 2.00 bits per heavy atom. The Hall–Kier alpha value is -2.07. The lowest BCUT2D eigenvalue weighted by Gasteiger charge is -2.31. The van der Waals surface area contributed by atoms with E-state index in [1.54, 1.807) is 7.11 Å². The highest BCUT2D eigenvalue weighted by Gasteiger charge is 2.26. The van der Waals surface area contributed by atoms with Gasteiger partial charge in [-0.1, -0.05) is 19.4 Å². The third-order valence-corrected chi connectivity index (χ3v) is 4.56. The summed E-state index contributed by atoms with van der Waals surface area (Å²) in [6, 6.07) is 11.6. The number of methoxy groups -OCH3 is 1.